The fourth-order valence-electron chi connectivity index (χ4n) is 2.37. The van der Waals surface area contributed by atoms with Gasteiger partial charge < -0.3 is 19.5 Å². The maximum absolute atomic E-state index is 12.0. The van der Waals surface area contributed by atoms with Crippen molar-refractivity contribution in [1.82, 2.24) is 0 Å². The first kappa shape index (κ1) is 18.3. The number of carbonyl (C=O) groups is 1. The van der Waals surface area contributed by atoms with Gasteiger partial charge in [-0.15, -0.1) is 0 Å². The zero-order valence-corrected chi connectivity index (χ0v) is 15.3. The van der Waals surface area contributed by atoms with Gasteiger partial charge in [-0.2, -0.15) is 0 Å². The lowest BCUT2D eigenvalue weighted by atomic mass is 10.2. The van der Waals surface area contributed by atoms with Crippen molar-refractivity contribution >= 4 is 11.6 Å². The molecule has 0 aromatic heterocycles. The number of carbonyl (C=O) groups excluding carboxylic acids is 1. The Hall–Kier alpha value is -3.47. The lowest BCUT2D eigenvalue weighted by Crippen LogP contribution is -2.20. The molecule has 5 nitrogen and oxygen atoms in total. The molecule has 0 unspecified atom stereocenters. The molecule has 0 radical (unpaired) electrons. The highest BCUT2D eigenvalue weighted by atomic mass is 16.5. The monoisotopic (exact) mass is 363 g/mol. The highest BCUT2D eigenvalue weighted by Crippen LogP contribution is 2.23. The third-order valence-corrected chi connectivity index (χ3v) is 3.82. The number of anilines is 1. The number of ether oxygens (including phenoxy) is 3. The first-order valence-corrected chi connectivity index (χ1v) is 8.54. The average molecular weight is 363 g/mol. The fourth-order valence-corrected chi connectivity index (χ4v) is 2.37. The van der Waals surface area contributed by atoms with E-state index in [0.717, 1.165) is 11.5 Å². The summed E-state index contributed by atoms with van der Waals surface area (Å²) < 4.78 is 16.3. The molecule has 3 aromatic rings. The van der Waals surface area contributed by atoms with Gasteiger partial charge >= 0.3 is 0 Å². The van der Waals surface area contributed by atoms with Crippen LogP contribution in [0.4, 0.5) is 5.69 Å². The van der Waals surface area contributed by atoms with E-state index < -0.39 is 0 Å². The van der Waals surface area contributed by atoms with Crippen LogP contribution < -0.4 is 19.5 Å². The Bertz CT molecular complexity index is 872. The van der Waals surface area contributed by atoms with Crippen LogP contribution in [0, 0.1) is 6.92 Å². The van der Waals surface area contributed by atoms with Gasteiger partial charge in [0.2, 0.25) is 0 Å². The van der Waals surface area contributed by atoms with Gasteiger partial charge in [-0.3, -0.25) is 4.79 Å². The second-order valence-corrected chi connectivity index (χ2v) is 5.95. The van der Waals surface area contributed by atoms with Crippen molar-refractivity contribution in [2.75, 3.05) is 19.0 Å². The lowest BCUT2D eigenvalue weighted by molar-refractivity contribution is -0.118. The Labute approximate surface area is 158 Å². The van der Waals surface area contributed by atoms with E-state index in [1.165, 1.54) is 5.56 Å². The van der Waals surface area contributed by atoms with Crippen LogP contribution in [0.15, 0.2) is 72.8 Å². The highest BCUT2D eigenvalue weighted by molar-refractivity contribution is 5.91. The molecule has 0 bridgehead atoms. The van der Waals surface area contributed by atoms with Crippen molar-refractivity contribution in [2.45, 2.75) is 6.92 Å². The third kappa shape index (κ3) is 5.51. The van der Waals surface area contributed by atoms with Crippen LogP contribution in [-0.2, 0) is 4.79 Å². The summed E-state index contributed by atoms with van der Waals surface area (Å²) in [7, 11) is 1.60. The van der Waals surface area contributed by atoms with Gasteiger partial charge in [0.05, 0.1) is 7.11 Å². The van der Waals surface area contributed by atoms with Crippen LogP contribution >= 0.6 is 0 Å². The summed E-state index contributed by atoms with van der Waals surface area (Å²) in [6.07, 6.45) is 0. The van der Waals surface area contributed by atoms with Crippen LogP contribution in [0.5, 0.6) is 23.0 Å². The van der Waals surface area contributed by atoms with Gasteiger partial charge in [0.25, 0.3) is 5.91 Å². The number of amides is 1. The second kappa shape index (κ2) is 8.76. The van der Waals surface area contributed by atoms with E-state index in [1.54, 1.807) is 55.6 Å². The van der Waals surface area contributed by atoms with Crippen molar-refractivity contribution in [3.63, 3.8) is 0 Å². The van der Waals surface area contributed by atoms with Gasteiger partial charge in [-0.25, -0.2) is 0 Å². The van der Waals surface area contributed by atoms with Gasteiger partial charge in [0, 0.05) is 5.69 Å². The van der Waals surface area contributed by atoms with Crippen LogP contribution in [0.25, 0.3) is 0 Å². The molecule has 0 saturated carbocycles. The Balaban J connectivity index is 1.49. The average Bonchev–Trinajstić information content (AvgIpc) is 2.70. The summed E-state index contributed by atoms with van der Waals surface area (Å²) in [5, 5.41) is 2.79. The summed E-state index contributed by atoms with van der Waals surface area (Å²) in [6, 6.07) is 22.1. The number of nitrogens with one attached hydrogen (secondary N) is 1. The summed E-state index contributed by atoms with van der Waals surface area (Å²) in [6.45, 7) is 1.95. The normalized spacial score (nSPS) is 10.1. The van der Waals surface area contributed by atoms with E-state index in [1.807, 2.05) is 31.2 Å². The highest BCUT2D eigenvalue weighted by Gasteiger charge is 2.05. The lowest BCUT2D eigenvalue weighted by Gasteiger charge is -2.09. The third-order valence-electron chi connectivity index (χ3n) is 3.82. The van der Waals surface area contributed by atoms with E-state index >= 15 is 0 Å². The summed E-state index contributed by atoms with van der Waals surface area (Å²) in [5.41, 5.74) is 1.85. The molecular weight excluding hydrogens is 342 g/mol. The van der Waals surface area contributed by atoms with E-state index in [-0.39, 0.29) is 12.5 Å². The number of hydrogen-bond donors (Lipinski definition) is 1. The Morgan fingerprint density at radius 2 is 1.30 bits per heavy atom. The Morgan fingerprint density at radius 1 is 0.778 bits per heavy atom. The smallest absolute Gasteiger partial charge is 0.262 e. The zero-order valence-electron chi connectivity index (χ0n) is 15.3. The van der Waals surface area contributed by atoms with E-state index in [0.29, 0.717) is 17.2 Å². The fraction of sp³-hybridized carbons (Fsp3) is 0.136. The molecule has 138 valence electrons. The molecular formula is C22H21NO4. The Kier molecular flexibility index (Phi) is 5.94. The molecule has 0 aliphatic heterocycles. The van der Waals surface area contributed by atoms with Crippen LogP contribution in [-0.4, -0.2) is 19.6 Å². The standard InChI is InChI=1S/C22H21NO4/c1-16-3-7-20(8-4-16)27-21-9-5-17(6-10-21)23-22(24)15-26-19-13-11-18(25-2)12-14-19/h3-14H,15H2,1-2H3,(H,23,24). The molecule has 0 spiro atoms. The largest absolute Gasteiger partial charge is 0.497 e. The predicted octanol–water partition coefficient (Wildman–Crippen LogP) is 4.81. The topological polar surface area (TPSA) is 56.8 Å². The van der Waals surface area contributed by atoms with Crippen molar-refractivity contribution in [3.05, 3.63) is 78.4 Å². The quantitative estimate of drug-likeness (QED) is 0.654. The molecule has 1 amide bonds. The molecule has 0 fully saturated rings. The number of benzene rings is 3. The summed E-state index contributed by atoms with van der Waals surface area (Å²) in [4.78, 5) is 12.0. The van der Waals surface area contributed by atoms with Gasteiger partial charge in [0.15, 0.2) is 6.61 Å². The molecule has 3 rings (SSSR count). The molecule has 0 heterocycles. The number of aryl methyl sites for hydroxylation is 1. The number of hydrogen-bond acceptors (Lipinski definition) is 4. The van der Waals surface area contributed by atoms with Crippen LogP contribution in [0.2, 0.25) is 0 Å². The van der Waals surface area contributed by atoms with Crippen molar-refractivity contribution < 1.29 is 19.0 Å². The minimum absolute atomic E-state index is 0.0754. The molecule has 0 saturated heterocycles. The molecule has 1 N–H and O–H groups in total. The van der Waals surface area contributed by atoms with Gasteiger partial charge in [-0.05, 0) is 67.6 Å². The minimum Gasteiger partial charge on any atom is -0.497 e. The van der Waals surface area contributed by atoms with Crippen LogP contribution in [0.1, 0.15) is 5.56 Å². The molecule has 0 atom stereocenters. The van der Waals surface area contributed by atoms with E-state index in [4.69, 9.17) is 14.2 Å². The van der Waals surface area contributed by atoms with Gasteiger partial charge in [-0.1, -0.05) is 17.7 Å². The van der Waals surface area contributed by atoms with E-state index in [9.17, 15) is 4.79 Å². The molecule has 0 aliphatic rings. The Morgan fingerprint density at radius 3 is 1.89 bits per heavy atom. The first-order chi connectivity index (χ1) is 13.1. The van der Waals surface area contributed by atoms with Crippen molar-refractivity contribution in [3.8, 4) is 23.0 Å². The van der Waals surface area contributed by atoms with E-state index in [2.05, 4.69) is 5.32 Å². The number of methoxy groups -OCH3 is 1. The maximum Gasteiger partial charge on any atom is 0.262 e. The predicted molar refractivity (Wildman–Crippen MR) is 105 cm³/mol. The van der Waals surface area contributed by atoms with Crippen molar-refractivity contribution in [1.29, 1.82) is 0 Å². The SMILES string of the molecule is COc1ccc(OCC(=O)Nc2ccc(Oc3ccc(C)cc3)cc2)cc1. The molecule has 5 heteroatoms. The van der Waals surface area contributed by atoms with Crippen molar-refractivity contribution in [2.24, 2.45) is 0 Å². The zero-order chi connectivity index (χ0) is 19.1. The first-order valence-electron chi connectivity index (χ1n) is 8.54. The summed E-state index contributed by atoms with van der Waals surface area (Å²) >= 11 is 0. The molecule has 0 aliphatic carbocycles. The van der Waals surface area contributed by atoms with Gasteiger partial charge in [0.1, 0.15) is 23.0 Å². The maximum atomic E-state index is 12.0. The molecule has 27 heavy (non-hydrogen) atoms. The second-order valence-electron chi connectivity index (χ2n) is 5.95. The summed E-state index contributed by atoms with van der Waals surface area (Å²) in [5.74, 6) is 2.57. The number of rotatable bonds is 7. The van der Waals surface area contributed by atoms with Crippen LogP contribution in [0.3, 0.4) is 0 Å². The minimum atomic E-state index is -0.238. The molecule has 3 aromatic carbocycles.